The van der Waals surface area contributed by atoms with Crippen LogP contribution in [-0.2, 0) is 14.3 Å². The molecule has 3 amide bonds. The quantitative estimate of drug-likeness (QED) is 0.410. The molecule has 0 aliphatic heterocycles. The van der Waals surface area contributed by atoms with Gasteiger partial charge in [-0.25, -0.2) is 4.79 Å². The topological polar surface area (TPSA) is 87.7 Å². The molecule has 38 heavy (non-hydrogen) atoms. The van der Waals surface area contributed by atoms with Crippen LogP contribution in [-0.4, -0.2) is 41.0 Å². The number of hydrogen-bond acceptors (Lipinski definition) is 4. The van der Waals surface area contributed by atoms with Crippen molar-refractivity contribution in [2.75, 3.05) is 11.9 Å². The molecule has 0 bridgehead atoms. The normalized spacial score (nSPS) is 17.4. The Balaban J connectivity index is 1.65. The van der Waals surface area contributed by atoms with Crippen molar-refractivity contribution in [1.29, 1.82) is 0 Å². The molecule has 0 spiro atoms. The average molecular weight is 516 g/mol. The van der Waals surface area contributed by atoms with Crippen molar-refractivity contribution in [3.05, 3.63) is 77.4 Å². The van der Waals surface area contributed by atoms with E-state index in [1.54, 1.807) is 25.7 Å². The number of nitrogens with zero attached hydrogens (tertiary/aromatic N) is 1. The van der Waals surface area contributed by atoms with Crippen molar-refractivity contribution in [3.63, 3.8) is 0 Å². The lowest BCUT2D eigenvalue weighted by molar-refractivity contribution is -0.139. The van der Waals surface area contributed by atoms with E-state index in [2.05, 4.69) is 17.6 Å². The van der Waals surface area contributed by atoms with Crippen LogP contribution >= 0.6 is 0 Å². The third kappa shape index (κ3) is 6.52. The lowest BCUT2D eigenvalue weighted by Crippen LogP contribution is -2.48. The zero-order chi connectivity index (χ0) is 27.6. The minimum absolute atomic E-state index is 0.101. The fourth-order valence-electron chi connectivity index (χ4n) is 4.79. The number of nitrogens with one attached hydrogen (secondary N) is 2. The number of hydrogen-bond donors (Lipinski definition) is 2. The molecule has 0 aromatic heterocycles. The highest BCUT2D eigenvalue weighted by molar-refractivity contribution is 6.00. The van der Waals surface area contributed by atoms with Gasteiger partial charge in [0.15, 0.2) is 0 Å². The van der Waals surface area contributed by atoms with Crippen molar-refractivity contribution in [3.8, 4) is 0 Å². The summed E-state index contributed by atoms with van der Waals surface area (Å²) in [6.45, 7) is 11.0. The van der Waals surface area contributed by atoms with Gasteiger partial charge in [0.05, 0.1) is 0 Å². The maximum absolute atomic E-state index is 14.0. The van der Waals surface area contributed by atoms with Gasteiger partial charge in [-0.2, -0.15) is 0 Å². The molecule has 0 saturated heterocycles. The smallest absolute Gasteiger partial charge is 0.408 e. The van der Waals surface area contributed by atoms with Gasteiger partial charge >= 0.3 is 6.09 Å². The molecule has 1 saturated carbocycles. The first-order valence-corrected chi connectivity index (χ1v) is 13.1. The third-order valence-corrected chi connectivity index (χ3v) is 6.76. The zero-order valence-corrected chi connectivity index (χ0v) is 23.0. The Morgan fingerprint density at radius 3 is 2.32 bits per heavy atom. The molecule has 3 aromatic carbocycles. The van der Waals surface area contributed by atoms with Gasteiger partial charge in [0.1, 0.15) is 18.2 Å². The average Bonchev–Trinajstić information content (AvgIpc) is 3.56. The highest BCUT2D eigenvalue weighted by atomic mass is 16.6. The van der Waals surface area contributed by atoms with Crippen LogP contribution in [0.5, 0.6) is 0 Å². The summed E-state index contributed by atoms with van der Waals surface area (Å²) in [5.41, 5.74) is 2.74. The van der Waals surface area contributed by atoms with Crippen LogP contribution in [0.15, 0.2) is 60.7 Å². The van der Waals surface area contributed by atoms with Gasteiger partial charge in [-0.3, -0.25) is 9.59 Å². The number of aryl methyl sites for hydroxylation is 2. The van der Waals surface area contributed by atoms with Gasteiger partial charge in [0.25, 0.3) is 5.91 Å². The Hall–Kier alpha value is -3.87. The van der Waals surface area contributed by atoms with E-state index in [1.165, 1.54) is 0 Å². The minimum Gasteiger partial charge on any atom is -0.444 e. The summed E-state index contributed by atoms with van der Waals surface area (Å²) in [5, 5.41) is 7.72. The van der Waals surface area contributed by atoms with Gasteiger partial charge in [-0.05, 0) is 81.0 Å². The van der Waals surface area contributed by atoms with Crippen molar-refractivity contribution in [2.24, 2.45) is 5.92 Å². The summed E-state index contributed by atoms with van der Waals surface area (Å²) < 4.78 is 5.30. The van der Waals surface area contributed by atoms with Crippen LogP contribution in [0.25, 0.3) is 10.8 Å². The van der Waals surface area contributed by atoms with E-state index in [0.717, 1.165) is 33.9 Å². The Morgan fingerprint density at radius 1 is 1.00 bits per heavy atom. The van der Waals surface area contributed by atoms with Gasteiger partial charge in [-0.15, -0.1) is 0 Å². The molecular weight excluding hydrogens is 478 g/mol. The second-order valence-electron chi connectivity index (χ2n) is 11.3. The highest BCUT2D eigenvalue weighted by Crippen LogP contribution is 2.41. The maximum atomic E-state index is 14.0. The molecule has 1 aliphatic rings. The van der Waals surface area contributed by atoms with Crippen LogP contribution in [0.2, 0.25) is 0 Å². The molecule has 3 aromatic rings. The molecule has 1 aliphatic carbocycles. The number of anilines is 1. The summed E-state index contributed by atoms with van der Waals surface area (Å²) in [6, 6.07) is 18.7. The number of amides is 3. The van der Waals surface area contributed by atoms with Crippen LogP contribution in [0.3, 0.4) is 0 Å². The Kier molecular flexibility index (Phi) is 7.76. The number of fused-ring (bicyclic) bond motifs is 1. The summed E-state index contributed by atoms with van der Waals surface area (Å²) in [7, 11) is 0. The second kappa shape index (κ2) is 10.9. The first kappa shape index (κ1) is 27.2. The van der Waals surface area contributed by atoms with E-state index in [9.17, 15) is 14.4 Å². The molecule has 3 atom stereocenters. The van der Waals surface area contributed by atoms with Crippen LogP contribution in [0.1, 0.15) is 56.8 Å². The largest absolute Gasteiger partial charge is 0.444 e. The van der Waals surface area contributed by atoms with E-state index in [1.807, 2.05) is 74.5 Å². The lowest BCUT2D eigenvalue weighted by Gasteiger charge is -2.33. The third-order valence-electron chi connectivity index (χ3n) is 6.76. The summed E-state index contributed by atoms with van der Waals surface area (Å²) in [6.07, 6.45) is 0.126. The molecular formula is C31H37N3O4. The van der Waals surface area contributed by atoms with E-state index in [0.29, 0.717) is 5.69 Å². The fraction of sp³-hybridized carbons (Fsp3) is 0.387. The van der Waals surface area contributed by atoms with Gasteiger partial charge in [0.2, 0.25) is 5.91 Å². The molecule has 3 unspecified atom stereocenters. The van der Waals surface area contributed by atoms with Crippen molar-refractivity contribution in [2.45, 2.75) is 65.6 Å². The van der Waals surface area contributed by atoms with Gasteiger partial charge in [-0.1, -0.05) is 61.0 Å². The molecule has 1 fully saturated rings. The monoisotopic (exact) mass is 515 g/mol. The first-order valence-electron chi connectivity index (χ1n) is 13.1. The predicted octanol–water partition coefficient (Wildman–Crippen LogP) is 5.90. The number of carbonyl (C=O) groups excluding carboxylic acids is 3. The zero-order valence-electron chi connectivity index (χ0n) is 23.0. The second-order valence-corrected chi connectivity index (χ2v) is 11.3. The van der Waals surface area contributed by atoms with E-state index in [-0.39, 0.29) is 30.3 Å². The number of benzene rings is 3. The summed E-state index contributed by atoms with van der Waals surface area (Å²) >= 11 is 0. The lowest BCUT2D eigenvalue weighted by atomic mass is 9.96. The Labute approximate surface area is 224 Å². The Morgan fingerprint density at radius 2 is 1.68 bits per heavy atom. The predicted molar refractivity (Wildman–Crippen MR) is 150 cm³/mol. The summed E-state index contributed by atoms with van der Waals surface area (Å²) in [4.78, 5) is 41.5. The molecule has 7 heteroatoms. The van der Waals surface area contributed by atoms with E-state index >= 15 is 0 Å². The molecule has 2 N–H and O–H groups in total. The molecule has 0 heterocycles. The van der Waals surface area contributed by atoms with Crippen LogP contribution in [0, 0.1) is 19.8 Å². The number of carbonyl (C=O) groups is 3. The van der Waals surface area contributed by atoms with E-state index in [4.69, 9.17) is 4.74 Å². The van der Waals surface area contributed by atoms with Crippen LogP contribution in [0.4, 0.5) is 10.5 Å². The highest BCUT2D eigenvalue weighted by Gasteiger charge is 2.46. The first-order chi connectivity index (χ1) is 17.9. The molecule has 4 rings (SSSR count). The molecule has 7 nitrogen and oxygen atoms in total. The summed E-state index contributed by atoms with van der Waals surface area (Å²) in [5.74, 6) is -0.372. The van der Waals surface area contributed by atoms with Crippen LogP contribution < -0.4 is 10.6 Å². The van der Waals surface area contributed by atoms with Crippen molar-refractivity contribution >= 4 is 34.4 Å². The number of rotatable bonds is 7. The number of alkyl carbamates (subject to hydrolysis) is 1. The van der Waals surface area contributed by atoms with Gasteiger partial charge in [0, 0.05) is 11.7 Å². The SMILES string of the molecule is Cc1ccc(C(C(=O)Nc2ccc3ccccc3c2)N(C(=O)CNC(=O)OC(C)(C)C)C2CC2C)c(C)c1. The molecule has 200 valence electrons. The molecule has 0 radical (unpaired) electrons. The van der Waals surface area contributed by atoms with E-state index < -0.39 is 17.7 Å². The minimum atomic E-state index is -0.857. The van der Waals surface area contributed by atoms with Gasteiger partial charge < -0.3 is 20.3 Å². The van der Waals surface area contributed by atoms with Crippen molar-refractivity contribution in [1.82, 2.24) is 10.2 Å². The Bertz CT molecular complexity index is 1360. The standard InChI is InChI=1S/C31H37N3O4/c1-19-11-14-25(20(2)15-19)28(29(36)33-24-13-12-22-9-7-8-10-23(22)17-24)34(26-16-21(26)3)27(35)18-32-30(37)38-31(4,5)6/h7-15,17,21,26,28H,16,18H2,1-6H3,(H,32,37)(H,33,36). The maximum Gasteiger partial charge on any atom is 0.408 e. The fourth-order valence-corrected chi connectivity index (χ4v) is 4.79. The van der Waals surface area contributed by atoms with Crippen molar-refractivity contribution < 1.29 is 19.1 Å². The number of ether oxygens (including phenoxy) is 1.